The van der Waals surface area contributed by atoms with Gasteiger partial charge in [0.1, 0.15) is 6.04 Å². The van der Waals surface area contributed by atoms with Gasteiger partial charge in [0.15, 0.2) is 23.0 Å². The number of hydrogen-bond donors (Lipinski definition) is 1. The van der Waals surface area contributed by atoms with Gasteiger partial charge in [-0.2, -0.15) is 18.2 Å². The van der Waals surface area contributed by atoms with Crippen LogP contribution in [0.4, 0.5) is 19.1 Å². The van der Waals surface area contributed by atoms with Gasteiger partial charge in [0.25, 0.3) is 5.82 Å². The van der Waals surface area contributed by atoms with Crippen molar-refractivity contribution in [3.63, 3.8) is 0 Å². The zero-order chi connectivity index (χ0) is 22.5. The van der Waals surface area contributed by atoms with E-state index in [1.807, 2.05) is 0 Å². The molecule has 0 fully saturated rings. The number of fused-ring (bicyclic) bond motifs is 2. The van der Waals surface area contributed by atoms with Crippen LogP contribution in [0, 0.1) is 0 Å². The second-order valence-electron chi connectivity index (χ2n) is 7.03. The number of allylic oxidation sites excluding steroid dienone is 1. The zero-order valence-corrected chi connectivity index (χ0v) is 16.9. The Morgan fingerprint density at radius 2 is 1.81 bits per heavy atom. The van der Waals surface area contributed by atoms with Gasteiger partial charge in [-0.25, -0.2) is 4.68 Å². The van der Waals surface area contributed by atoms with Crippen molar-refractivity contribution in [2.45, 2.75) is 12.2 Å². The first-order valence-electron chi connectivity index (χ1n) is 9.52. The Bertz CT molecular complexity index is 1220. The van der Waals surface area contributed by atoms with Crippen molar-refractivity contribution in [2.75, 3.05) is 26.3 Å². The number of aromatic nitrogens is 3. The van der Waals surface area contributed by atoms with Crippen molar-refractivity contribution in [3.05, 3.63) is 59.4 Å². The molecule has 166 valence electrons. The molecular formula is C21H17F3N4O4. The summed E-state index contributed by atoms with van der Waals surface area (Å²) in [6.07, 6.45) is -2.92. The lowest BCUT2D eigenvalue weighted by Gasteiger charge is -2.25. The maximum absolute atomic E-state index is 13.3. The minimum absolute atomic E-state index is 0.0349. The van der Waals surface area contributed by atoms with Crippen LogP contribution in [0.25, 0.3) is 5.70 Å². The molecule has 0 aliphatic carbocycles. The molecule has 0 unspecified atom stereocenters. The molecular weight excluding hydrogens is 429 g/mol. The Morgan fingerprint density at radius 3 is 2.56 bits per heavy atom. The molecule has 2 aliphatic rings. The second-order valence-corrected chi connectivity index (χ2v) is 7.03. The number of nitrogens with zero attached hydrogens (tertiary/aromatic N) is 3. The standard InChI is InChI=1S/C21H17F3N4O4/c1-29-15-5-3-11(7-17(15)30-2)13-9-14(12-4-6-16-18(8-12)32-10-31-16)28-20(25-13)26-19(27-28)21(22,23)24/h3-9,14H,10H2,1-2H3,(H,25,26,27)/t14-/m1/s1. The highest BCUT2D eigenvalue weighted by molar-refractivity contribution is 5.78. The van der Waals surface area contributed by atoms with E-state index in [0.29, 0.717) is 39.8 Å². The molecule has 0 bridgehead atoms. The smallest absolute Gasteiger partial charge is 0.453 e. The third-order valence-electron chi connectivity index (χ3n) is 5.15. The van der Waals surface area contributed by atoms with Crippen LogP contribution in [0.5, 0.6) is 23.0 Å². The predicted molar refractivity (Wildman–Crippen MR) is 107 cm³/mol. The van der Waals surface area contributed by atoms with Crippen molar-refractivity contribution in [2.24, 2.45) is 0 Å². The Balaban J connectivity index is 1.62. The first kappa shape index (κ1) is 20.0. The van der Waals surface area contributed by atoms with Gasteiger partial charge < -0.3 is 24.3 Å². The molecule has 3 heterocycles. The summed E-state index contributed by atoms with van der Waals surface area (Å²) in [6, 6.07) is 9.73. The van der Waals surface area contributed by atoms with Crippen molar-refractivity contribution in [1.29, 1.82) is 0 Å². The lowest BCUT2D eigenvalue weighted by atomic mass is 10.0. The average molecular weight is 446 g/mol. The zero-order valence-electron chi connectivity index (χ0n) is 16.9. The van der Waals surface area contributed by atoms with Gasteiger partial charge in [-0.05, 0) is 42.0 Å². The van der Waals surface area contributed by atoms with Crippen LogP contribution in [-0.2, 0) is 6.18 Å². The molecule has 0 amide bonds. The van der Waals surface area contributed by atoms with Crippen molar-refractivity contribution >= 4 is 11.6 Å². The van der Waals surface area contributed by atoms with Gasteiger partial charge in [-0.1, -0.05) is 6.07 Å². The van der Waals surface area contributed by atoms with Crippen LogP contribution in [0.2, 0.25) is 0 Å². The molecule has 11 heteroatoms. The fourth-order valence-corrected chi connectivity index (χ4v) is 3.62. The van der Waals surface area contributed by atoms with E-state index >= 15 is 0 Å². The van der Waals surface area contributed by atoms with Gasteiger partial charge in [0.2, 0.25) is 12.7 Å². The van der Waals surface area contributed by atoms with E-state index in [9.17, 15) is 13.2 Å². The topological polar surface area (TPSA) is 79.7 Å². The highest BCUT2D eigenvalue weighted by atomic mass is 19.4. The molecule has 5 rings (SSSR count). The number of rotatable bonds is 4. The molecule has 8 nitrogen and oxygen atoms in total. The number of alkyl halides is 3. The summed E-state index contributed by atoms with van der Waals surface area (Å²) >= 11 is 0. The highest BCUT2D eigenvalue weighted by Gasteiger charge is 2.39. The quantitative estimate of drug-likeness (QED) is 0.647. The summed E-state index contributed by atoms with van der Waals surface area (Å²) in [5.74, 6) is 0.833. The SMILES string of the molecule is COc1ccc(C2=C[C@H](c3ccc4c(c3)OCO4)n3nc(C(F)(F)F)nc3N2)cc1OC. The molecule has 0 saturated carbocycles. The van der Waals surface area contributed by atoms with Gasteiger partial charge in [-0.3, -0.25) is 0 Å². The molecule has 1 aromatic heterocycles. The molecule has 1 N–H and O–H groups in total. The van der Waals surface area contributed by atoms with Gasteiger partial charge in [-0.15, -0.1) is 5.10 Å². The van der Waals surface area contributed by atoms with E-state index in [-0.39, 0.29) is 12.7 Å². The van der Waals surface area contributed by atoms with Gasteiger partial charge in [0.05, 0.1) is 14.2 Å². The Labute approximate surface area is 180 Å². The van der Waals surface area contributed by atoms with E-state index in [1.165, 1.54) is 18.9 Å². The molecule has 1 atom stereocenters. The fourth-order valence-electron chi connectivity index (χ4n) is 3.62. The minimum Gasteiger partial charge on any atom is -0.493 e. The van der Waals surface area contributed by atoms with Crippen LogP contribution in [0.3, 0.4) is 0 Å². The number of benzene rings is 2. The lowest BCUT2D eigenvalue weighted by Crippen LogP contribution is -2.20. The summed E-state index contributed by atoms with van der Waals surface area (Å²) in [5.41, 5.74) is 1.88. The monoisotopic (exact) mass is 446 g/mol. The van der Waals surface area contributed by atoms with Gasteiger partial charge >= 0.3 is 6.18 Å². The molecule has 3 aromatic rings. The summed E-state index contributed by atoms with van der Waals surface area (Å²) in [6.45, 7) is 0.0878. The van der Waals surface area contributed by atoms with Crippen molar-refractivity contribution in [1.82, 2.24) is 14.8 Å². The predicted octanol–water partition coefficient (Wildman–Crippen LogP) is 4.10. The average Bonchev–Trinajstić information content (AvgIpc) is 3.44. The van der Waals surface area contributed by atoms with Crippen LogP contribution >= 0.6 is 0 Å². The molecule has 0 saturated heterocycles. The number of methoxy groups -OCH3 is 2. The first-order chi connectivity index (χ1) is 15.4. The Kier molecular flexibility index (Phi) is 4.61. The normalized spacial score (nSPS) is 16.8. The number of nitrogens with one attached hydrogen (secondary N) is 1. The van der Waals surface area contributed by atoms with Crippen LogP contribution in [0.1, 0.15) is 23.0 Å². The second kappa shape index (κ2) is 7.36. The van der Waals surface area contributed by atoms with Crippen LogP contribution < -0.4 is 24.3 Å². The van der Waals surface area contributed by atoms with Crippen LogP contribution in [-0.4, -0.2) is 35.8 Å². The van der Waals surface area contributed by atoms with E-state index in [4.69, 9.17) is 18.9 Å². The fraction of sp³-hybridized carbons (Fsp3) is 0.238. The van der Waals surface area contributed by atoms with E-state index in [1.54, 1.807) is 42.5 Å². The lowest BCUT2D eigenvalue weighted by molar-refractivity contribution is -0.145. The number of hydrogen-bond acceptors (Lipinski definition) is 7. The van der Waals surface area contributed by atoms with Crippen LogP contribution in [0.15, 0.2) is 42.5 Å². The maximum Gasteiger partial charge on any atom is 0.453 e. The van der Waals surface area contributed by atoms with Crippen molar-refractivity contribution in [3.8, 4) is 23.0 Å². The van der Waals surface area contributed by atoms with E-state index in [0.717, 1.165) is 0 Å². The highest BCUT2D eigenvalue weighted by Crippen LogP contribution is 2.40. The molecule has 32 heavy (non-hydrogen) atoms. The van der Waals surface area contributed by atoms with Gasteiger partial charge in [0, 0.05) is 11.3 Å². The minimum atomic E-state index is -4.69. The summed E-state index contributed by atoms with van der Waals surface area (Å²) < 4.78 is 62.6. The first-order valence-corrected chi connectivity index (χ1v) is 9.52. The maximum atomic E-state index is 13.3. The molecule has 0 spiro atoms. The Morgan fingerprint density at radius 1 is 1.03 bits per heavy atom. The largest absolute Gasteiger partial charge is 0.493 e. The Hall–Kier alpha value is -3.89. The van der Waals surface area contributed by atoms with Crippen molar-refractivity contribution < 1.29 is 32.1 Å². The van der Waals surface area contributed by atoms with E-state index < -0.39 is 18.0 Å². The third-order valence-corrected chi connectivity index (χ3v) is 5.15. The molecule has 2 aliphatic heterocycles. The summed E-state index contributed by atoms with van der Waals surface area (Å²) in [5, 5.41) is 6.66. The summed E-state index contributed by atoms with van der Waals surface area (Å²) in [7, 11) is 3.03. The number of halogens is 3. The number of anilines is 1. The summed E-state index contributed by atoms with van der Waals surface area (Å²) in [4.78, 5) is 3.69. The number of ether oxygens (including phenoxy) is 4. The van der Waals surface area contributed by atoms with E-state index in [2.05, 4.69) is 15.4 Å². The third kappa shape index (κ3) is 3.35. The molecule has 0 radical (unpaired) electrons. The molecule has 2 aromatic carbocycles.